The average Bonchev–Trinajstić information content (AvgIpc) is 3.17. The van der Waals surface area contributed by atoms with Gasteiger partial charge in [0.15, 0.2) is 11.5 Å². The van der Waals surface area contributed by atoms with Crippen LogP contribution in [-0.2, 0) is 9.59 Å². The van der Waals surface area contributed by atoms with Gasteiger partial charge in [-0.25, -0.2) is 0 Å². The molecule has 7 heteroatoms. The topological polar surface area (TPSA) is 76.1 Å². The molecule has 0 aliphatic carbocycles. The Balaban J connectivity index is 1.60. The third kappa shape index (κ3) is 3.58. The van der Waals surface area contributed by atoms with Crippen LogP contribution in [0.5, 0.6) is 11.5 Å². The number of anilines is 1. The molecule has 1 saturated heterocycles. The number of fused-ring (bicyclic) bond motifs is 2. The number of aliphatic hydroxyl groups excluding tert-OH is 1. The van der Waals surface area contributed by atoms with E-state index in [1.165, 1.54) is 4.90 Å². The van der Waals surface area contributed by atoms with Crippen molar-refractivity contribution < 1.29 is 24.2 Å². The highest BCUT2D eigenvalue weighted by molar-refractivity contribution is 6.52. The van der Waals surface area contributed by atoms with E-state index >= 15 is 0 Å². The molecular weight excluding hydrogens is 478 g/mol. The van der Waals surface area contributed by atoms with Crippen LogP contribution in [0.2, 0.25) is 5.02 Å². The van der Waals surface area contributed by atoms with Gasteiger partial charge in [0.25, 0.3) is 11.7 Å². The molecule has 36 heavy (non-hydrogen) atoms. The molecule has 6 nitrogen and oxygen atoms in total. The minimum Gasteiger partial charge on any atom is -0.507 e. The lowest BCUT2D eigenvalue weighted by atomic mass is 9.91. The molecule has 6 rings (SSSR count). The second-order valence-electron chi connectivity index (χ2n) is 8.58. The molecule has 0 spiro atoms. The Hall–Kier alpha value is -4.29. The lowest BCUT2D eigenvalue weighted by Crippen LogP contribution is -2.29. The zero-order valence-corrected chi connectivity index (χ0v) is 19.7. The van der Waals surface area contributed by atoms with Gasteiger partial charge in [0, 0.05) is 16.3 Å². The number of nitrogens with zero attached hydrogens (tertiary/aromatic N) is 1. The van der Waals surface area contributed by atoms with Crippen LogP contribution >= 0.6 is 11.6 Å². The van der Waals surface area contributed by atoms with E-state index < -0.39 is 17.7 Å². The minimum absolute atomic E-state index is 0.00648. The quantitative estimate of drug-likeness (QED) is 0.217. The summed E-state index contributed by atoms with van der Waals surface area (Å²) in [7, 11) is 0. The maximum atomic E-state index is 13.5. The molecule has 1 N–H and O–H groups in total. The molecule has 0 radical (unpaired) electrons. The standard InChI is InChI=1S/C29H20ClNO5/c30-19-7-4-8-20(16-19)31-26(22-10-3-6-17-5-1-2-9-21(17)22)25(28(33)29(31)34)27(32)18-11-12-23-24(15-18)36-14-13-35-23/h1-12,15-16,26,32H,13-14H2/b27-25-. The molecule has 178 valence electrons. The van der Waals surface area contributed by atoms with E-state index in [1.54, 1.807) is 42.5 Å². The number of halogens is 1. The van der Waals surface area contributed by atoms with Crippen molar-refractivity contribution in [3.8, 4) is 11.5 Å². The number of amides is 1. The van der Waals surface area contributed by atoms with E-state index in [9.17, 15) is 14.7 Å². The first kappa shape index (κ1) is 22.2. The summed E-state index contributed by atoms with van der Waals surface area (Å²) in [5.74, 6) is -0.777. The fraction of sp³-hybridized carbons (Fsp3) is 0.103. The highest BCUT2D eigenvalue weighted by atomic mass is 35.5. The number of carbonyl (C=O) groups excluding carboxylic acids is 2. The predicted octanol–water partition coefficient (Wildman–Crippen LogP) is 5.89. The highest BCUT2D eigenvalue weighted by Gasteiger charge is 2.47. The van der Waals surface area contributed by atoms with Gasteiger partial charge < -0.3 is 14.6 Å². The Morgan fingerprint density at radius 1 is 0.861 bits per heavy atom. The fourth-order valence-corrected chi connectivity index (χ4v) is 5.04. The number of carbonyl (C=O) groups is 2. The number of benzene rings is 4. The van der Waals surface area contributed by atoms with Gasteiger partial charge in [-0.15, -0.1) is 0 Å². The summed E-state index contributed by atoms with van der Waals surface area (Å²) in [5.41, 5.74) is 1.52. The van der Waals surface area contributed by atoms with Gasteiger partial charge in [-0.05, 0) is 52.7 Å². The number of Topliss-reactive ketones (excluding diaryl/α,β-unsaturated/α-hetero) is 1. The Morgan fingerprint density at radius 3 is 2.44 bits per heavy atom. The van der Waals surface area contributed by atoms with Crippen molar-refractivity contribution in [2.75, 3.05) is 18.1 Å². The zero-order valence-electron chi connectivity index (χ0n) is 19.0. The van der Waals surface area contributed by atoms with Crippen LogP contribution in [0.1, 0.15) is 17.2 Å². The SMILES string of the molecule is O=C1C(=O)N(c2cccc(Cl)c2)C(c2cccc3ccccc23)/C1=C(/O)c1ccc2c(c1)OCCO2. The van der Waals surface area contributed by atoms with E-state index in [1.807, 2.05) is 42.5 Å². The number of aliphatic hydroxyl groups is 1. The van der Waals surface area contributed by atoms with Crippen LogP contribution in [0.4, 0.5) is 5.69 Å². The number of ether oxygens (including phenoxy) is 2. The summed E-state index contributed by atoms with van der Waals surface area (Å²) in [6.45, 7) is 0.816. The summed E-state index contributed by atoms with van der Waals surface area (Å²) < 4.78 is 11.2. The Morgan fingerprint density at radius 2 is 1.61 bits per heavy atom. The molecule has 1 atom stereocenters. The second-order valence-corrected chi connectivity index (χ2v) is 9.01. The summed E-state index contributed by atoms with van der Waals surface area (Å²) in [5, 5.41) is 13.7. The lowest BCUT2D eigenvalue weighted by Gasteiger charge is -2.26. The van der Waals surface area contributed by atoms with Crippen molar-refractivity contribution in [2.45, 2.75) is 6.04 Å². The third-order valence-electron chi connectivity index (χ3n) is 6.46. The van der Waals surface area contributed by atoms with E-state index in [0.717, 1.165) is 10.8 Å². The van der Waals surface area contributed by atoms with Crippen LogP contribution in [0.25, 0.3) is 16.5 Å². The minimum atomic E-state index is -0.872. The predicted molar refractivity (Wildman–Crippen MR) is 138 cm³/mol. The Labute approximate surface area is 211 Å². The number of hydrogen-bond acceptors (Lipinski definition) is 5. The van der Waals surface area contributed by atoms with Crippen LogP contribution < -0.4 is 14.4 Å². The van der Waals surface area contributed by atoms with Crippen molar-refractivity contribution in [1.82, 2.24) is 0 Å². The number of rotatable bonds is 3. The lowest BCUT2D eigenvalue weighted by molar-refractivity contribution is -0.132. The van der Waals surface area contributed by atoms with Gasteiger partial charge in [0.1, 0.15) is 19.0 Å². The number of hydrogen-bond donors (Lipinski definition) is 1. The summed E-state index contributed by atoms with van der Waals surface area (Å²) in [4.78, 5) is 28.4. The first-order chi connectivity index (χ1) is 17.5. The van der Waals surface area contributed by atoms with Crippen molar-refractivity contribution in [3.63, 3.8) is 0 Å². The first-order valence-electron chi connectivity index (χ1n) is 11.5. The highest BCUT2D eigenvalue weighted by Crippen LogP contribution is 2.45. The monoisotopic (exact) mass is 497 g/mol. The van der Waals surface area contributed by atoms with E-state index in [-0.39, 0.29) is 11.3 Å². The second kappa shape index (κ2) is 8.73. The molecule has 4 aromatic rings. The van der Waals surface area contributed by atoms with Gasteiger partial charge in [-0.1, -0.05) is 60.1 Å². The van der Waals surface area contributed by atoms with Gasteiger partial charge >= 0.3 is 0 Å². The molecule has 1 unspecified atom stereocenters. The molecule has 0 bridgehead atoms. The van der Waals surface area contributed by atoms with Crippen LogP contribution in [0.15, 0.2) is 90.5 Å². The smallest absolute Gasteiger partial charge is 0.300 e. The largest absolute Gasteiger partial charge is 0.507 e. The van der Waals surface area contributed by atoms with Crippen molar-refractivity contribution in [2.24, 2.45) is 0 Å². The maximum absolute atomic E-state index is 13.5. The Kier molecular flexibility index (Phi) is 5.38. The molecule has 0 saturated carbocycles. The summed E-state index contributed by atoms with van der Waals surface area (Å²) in [6, 6.07) is 24.3. The van der Waals surface area contributed by atoms with E-state index in [2.05, 4.69) is 0 Å². The van der Waals surface area contributed by atoms with Gasteiger partial charge in [-0.2, -0.15) is 0 Å². The maximum Gasteiger partial charge on any atom is 0.300 e. The van der Waals surface area contributed by atoms with Gasteiger partial charge in [0.05, 0.1) is 11.6 Å². The Bertz CT molecular complexity index is 1570. The zero-order chi connectivity index (χ0) is 24.8. The summed E-state index contributed by atoms with van der Waals surface area (Å²) >= 11 is 6.25. The fourth-order valence-electron chi connectivity index (χ4n) is 4.85. The van der Waals surface area contributed by atoms with Crippen LogP contribution in [0.3, 0.4) is 0 Å². The molecule has 1 amide bonds. The molecule has 2 aliphatic heterocycles. The average molecular weight is 498 g/mol. The molecular formula is C29H20ClNO5. The van der Waals surface area contributed by atoms with E-state index in [4.69, 9.17) is 21.1 Å². The third-order valence-corrected chi connectivity index (χ3v) is 6.70. The van der Waals surface area contributed by atoms with Gasteiger partial charge in [0.2, 0.25) is 0 Å². The van der Waals surface area contributed by atoms with Crippen molar-refractivity contribution in [3.05, 3.63) is 107 Å². The van der Waals surface area contributed by atoms with Crippen molar-refractivity contribution in [1.29, 1.82) is 0 Å². The normalized spacial score (nSPS) is 18.6. The molecule has 0 aromatic heterocycles. The van der Waals surface area contributed by atoms with Crippen molar-refractivity contribution >= 4 is 45.5 Å². The first-order valence-corrected chi connectivity index (χ1v) is 11.8. The summed E-state index contributed by atoms with van der Waals surface area (Å²) in [6.07, 6.45) is 0. The molecule has 4 aromatic carbocycles. The van der Waals surface area contributed by atoms with E-state index in [0.29, 0.717) is 46.5 Å². The van der Waals surface area contributed by atoms with Gasteiger partial charge in [-0.3, -0.25) is 14.5 Å². The van der Waals surface area contributed by atoms with Crippen LogP contribution in [0, 0.1) is 0 Å². The number of ketones is 1. The van der Waals surface area contributed by atoms with Crippen LogP contribution in [-0.4, -0.2) is 30.0 Å². The molecule has 2 heterocycles. The molecule has 2 aliphatic rings. The molecule has 1 fully saturated rings.